The molecule has 7 heteroatoms. The summed E-state index contributed by atoms with van der Waals surface area (Å²) in [4.78, 5) is 9.54. The lowest BCUT2D eigenvalue weighted by Crippen LogP contribution is -2.20. The number of aromatic nitrogens is 1. The van der Waals surface area contributed by atoms with Gasteiger partial charge in [-0.05, 0) is 55.0 Å². The zero-order chi connectivity index (χ0) is 23.8. The van der Waals surface area contributed by atoms with Crippen molar-refractivity contribution in [2.45, 2.75) is 6.92 Å². The predicted molar refractivity (Wildman–Crippen MR) is 136 cm³/mol. The van der Waals surface area contributed by atoms with Crippen molar-refractivity contribution >= 4 is 28.6 Å². The van der Waals surface area contributed by atoms with Crippen LogP contribution >= 0.6 is 0 Å². The number of pyridine rings is 1. The van der Waals surface area contributed by atoms with Crippen molar-refractivity contribution in [3.63, 3.8) is 0 Å². The van der Waals surface area contributed by atoms with Crippen molar-refractivity contribution in [1.29, 1.82) is 0 Å². The molecule has 0 amide bonds. The van der Waals surface area contributed by atoms with Crippen molar-refractivity contribution in [2.24, 2.45) is 10.1 Å². The minimum atomic E-state index is 0.490. The van der Waals surface area contributed by atoms with Crippen molar-refractivity contribution in [2.75, 3.05) is 20.8 Å². The van der Waals surface area contributed by atoms with Crippen LogP contribution in [0.5, 0.6) is 17.2 Å². The first-order valence-corrected chi connectivity index (χ1v) is 10.9. The number of fused-ring (bicyclic) bond motifs is 1. The molecule has 0 aliphatic carbocycles. The van der Waals surface area contributed by atoms with E-state index in [1.165, 1.54) is 0 Å². The Morgan fingerprint density at radius 3 is 2.50 bits per heavy atom. The average Bonchev–Trinajstić information content (AvgIpc) is 2.89. The highest BCUT2D eigenvalue weighted by Crippen LogP contribution is 2.28. The van der Waals surface area contributed by atoms with Gasteiger partial charge in [0.2, 0.25) is 0 Å². The molecule has 0 fully saturated rings. The Kier molecular flexibility index (Phi) is 7.35. The molecule has 4 aromatic rings. The highest BCUT2D eigenvalue weighted by molar-refractivity contribution is 6.01. The Balaban J connectivity index is 1.67. The Bertz CT molecular complexity index is 1330. The van der Waals surface area contributed by atoms with Crippen LogP contribution in [0.3, 0.4) is 0 Å². The molecule has 0 bridgehead atoms. The number of amidine groups is 1. The number of benzene rings is 3. The number of hydrogen-bond acceptors (Lipinski definition) is 6. The SMILES string of the molecule is CCOc1ccc(C=NNC(=Nc2ccccc2OC)c2ccc3ccccc3n2)cc1OC. The van der Waals surface area contributed by atoms with Crippen LogP contribution in [-0.2, 0) is 0 Å². The molecule has 34 heavy (non-hydrogen) atoms. The number of aliphatic imine (C=N–C) groups is 1. The number of ether oxygens (including phenoxy) is 3. The van der Waals surface area contributed by atoms with E-state index in [2.05, 4.69) is 10.5 Å². The Morgan fingerprint density at radius 1 is 0.882 bits per heavy atom. The molecule has 1 heterocycles. The Morgan fingerprint density at radius 2 is 1.68 bits per heavy atom. The summed E-state index contributed by atoms with van der Waals surface area (Å²) in [5, 5.41) is 5.47. The summed E-state index contributed by atoms with van der Waals surface area (Å²) in [5.41, 5.74) is 6.09. The first kappa shape index (κ1) is 22.8. The highest BCUT2D eigenvalue weighted by atomic mass is 16.5. The molecular weight excluding hydrogens is 428 g/mol. The van der Waals surface area contributed by atoms with Gasteiger partial charge in [-0.2, -0.15) is 5.10 Å². The van der Waals surface area contributed by atoms with Gasteiger partial charge in [0.25, 0.3) is 0 Å². The largest absolute Gasteiger partial charge is 0.494 e. The van der Waals surface area contributed by atoms with Gasteiger partial charge < -0.3 is 14.2 Å². The lowest BCUT2D eigenvalue weighted by Gasteiger charge is -2.10. The first-order chi connectivity index (χ1) is 16.7. The highest BCUT2D eigenvalue weighted by Gasteiger charge is 2.09. The molecule has 0 unspecified atom stereocenters. The topological polar surface area (TPSA) is 77.3 Å². The third-order valence-electron chi connectivity index (χ3n) is 5.03. The standard InChI is InChI=1S/C27H26N4O3/c1-4-34-25-16-13-19(17-26(25)33-3)18-28-31-27(30-22-11-7-8-12-24(22)32-2)23-15-14-20-9-5-6-10-21(20)29-23/h5-18H,4H2,1-3H3,(H,30,31). The van der Waals surface area contributed by atoms with Gasteiger partial charge in [0.15, 0.2) is 17.3 Å². The average molecular weight is 455 g/mol. The maximum Gasteiger partial charge on any atom is 0.173 e. The molecule has 0 radical (unpaired) electrons. The molecule has 0 atom stereocenters. The minimum Gasteiger partial charge on any atom is -0.494 e. The lowest BCUT2D eigenvalue weighted by atomic mass is 10.2. The predicted octanol–water partition coefficient (Wildman–Crippen LogP) is 5.35. The molecule has 1 N–H and O–H groups in total. The number of para-hydroxylation sites is 3. The van der Waals surface area contributed by atoms with Crippen molar-refractivity contribution in [3.05, 3.63) is 90.1 Å². The van der Waals surface area contributed by atoms with E-state index < -0.39 is 0 Å². The van der Waals surface area contributed by atoms with Crippen molar-refractivity contribution in [3.8, 4) is 17.2 Å². The van der Waals surface area contributed by atoms with E-state index in [-0.39, 0.29) is 0 Å². The van der Waals surface area contributed by atoms with Crippen LogP contribution < -0.4 is 19.6 Å². The Labute approximate surface area is 198 Å². The fraction of sp³-hybridized carbons (Fsp3) is 0.148. The molecule has 0 saturated heterocycles. The number of methoxy groups -OCH3 is 2. The van der Waals surface area contributed by atoms with E-state index in [0.717, 1.165) is 16.5 Å². The Hall–Kier alpha value is -4.39. The molecular formula is C27H26N4O3. The molecule has 172 valence electrons. The lowest BCUT2D eigenvalue weighted by molar-refractivity contribution is 0.311. The van der Waals surface area contributed by atoms with E-state index in [1.807, 2.05) is 85.8 Å². The van der Waals surface area contributed by atoms with Gasteiger partial charge in [-0.3, -0.25) is 5.43 Å². The number of hydrazone groups is 1. The van der Waals surface area contributed by atoms with Gasteiger partial charge in [-0.15, -0.1) is 0 Å². The summed E-state index contributed by atoms with van der Waals surface area (Å²) in [6, 6.07) is 25.0. The van der Waals surface area contributed by atoms with Crippen LogP contribution in [0.4, 0.5) is 5.69 Å². The smallest absolute Gasteiger partial charge is 0.173 e. The summed E-state index contributed by atoms with van der Waals surface area (Å²) >= 11 is 0. The maximum atomic E-state index is 5.58. The molecule has 7 nitrogen and oxygen atoms in total. The fourth-order valence-corrected chi connectivity index (χ4v) is 3.39. The molecule has 3 aromatic carbocycles. The summed E-state index contributed by atoms with van der Waals surface area (Å²) in [6.07, 6.45) is 1.69. The molecule has 1 aromatic heterocycles. The second-order valence-electron chi connectivity index (χ2n) is 7.23. The third-order valence-corrected chi connectivity index (χ3v) is 5.03. The number of hydrogen-bond donors (Lipinski definition) is 1. The summed E-state index contributed by atoms with van der Waals surface area (Å²) in [5.74, 6) is 2.48. The van der Waals surface area contributed by atoms with Crippen LogP contribution in [0, 0.1) is 0 Å². The van der Waals surface area contributed by atoms with Gasteiger partial charge in [-0.1, -0.05) is 36.4 Å². The van der Waals surface area contributed by atoms with Gasteiger partial charge in [0, 0.05) is 5.39 Å². The fourth-order valence-electron chi connectivity index (χ4n) is 3.39. The maximum absolute atomic E-state index is 5.58. The number of rotatable bonds is 8. The summed E-state index contributed by atoms with van der Waals surface area (Å²) in [6.45, 7) is 2.50. The summed E-state index contributed by atoms with van der Waals surface area (Å²) < 4.78 is 16.5. The van der Waals surface area contributed by atoms with E-state index >= 15 is 0 Å². The molecule has 0 saturated carbocycles. The van der Waals surface area contributed by atoms with Gasteiger partial charge in [0.05, 0.1) is 32.6 Å². The number of nitrogens with zero attached hydrogens (tertiary/aromatic N) is 3. The van der Waals surface area contributed by atoms with Crippen LogP contribution in [0.2, 0.25) is 0 Å². The van der Waals surface area contributed by atoms with Crippen LogP contribution in [0.15, 0.2) is 89.0 Å². The van der Waals surface area contributed by atoms with Gasteiger partial charge in [-0.25, -0.2) is 9.98 Å². The van der Waals surface area contributed by atoms with Crippen LogP contribution in [-0.4, -0.2) is 37.9 Å². The normalized spacial score (nSPS) is 11.6. The van der Waals surface area contributed by atoms with E-state index in [0.29, 0.717) is 41.1 Å². The molecule has 0 aliphatic rings. The second kappa shape index (κ2) is 11.0. The van der Waals surface area contributed by atoms with Crippen molar-refractivity contribution < 1.29 is 14.2 Å². The van der Waals surface area contributed by atoms with Crippen LogP contribution in [0.1, 0.15) is 18.2 Å². The van der Waals surface area contributed by atoms with Crippen molar-refractivity contribution in [1.82, 2.24) is 10.4 Å². The zero-order valence-corrected chi connectivity index (χ0v) is 19.4. The second-order valence-corrected chi connectivity index (χ2v) is 7.23. The first-order valence-electron chi connectivity index (χ1n) is 10.9. The quantitative estimate of drug-likeness (QED) is 0.221. The molecule has 0 spiro atoms. The molecule has 0 aliphatic heterocycles. The molecule has 4 rings (SSSR count). The summed E-state index contributed by atoms with van der Waals surface area (Å²) in [7, 11) is 3.23. The zero-order valence-electron chi connectivity index (χ0n) is 19.4. The monoisotopic (exact) mass is 454 g/mol. The van der Waals surface area contributed by atoms with Gasteiger partial charge >= 0.3 is 0 Å². The van der Waals surface area contributed by atoms with E-state index in [4.69, 9.17) is 24.2 Å². The number of nitrogens with one attached hydrogen (secondary N) is 1. The van der Waals surface area contributed by atoms with E-state index in [1.54, 1.807) is 20.4 Å². The van der Waals surface area contributed by atoms with Crippen LogP contribution in [0.25, 0.3) is 10.9 Å². The third kappa shape index (κ3) is 5.32. The van der Waals surface area contributed by atoms with E-state index in [9.17, 15) is 0 Å². The van der Waals surface area contributed by atoms with Gasteiger partial charge in [0.1, 0.15) is 17.1 Å². The minimum absolute atomic E-state index is 0.490.